The number of para-hydroxylation sites is 2. The van der Waals surface area contributed by atoms with Crippen molar-refractivity contribution in [2.45, 2.75) is 5.75 Å². The Kier molecular flexibility index (Phi) is 4.53. The van der Waals surface area contributed by atoms with E-state index >= 15 is 0 Å². The van der Waals surface area contributed by atoms with Crippen molar-refractivity contribution in [3.8, 4) is 5.75 Å². The minimum absolute atomic E-state index is 0.0201. The average Bonchev–Trinajstić information content (AvgIpc) is 2.41. The van der Waals surface area contributed by atoms with Gasteiger partial charge in [-0.2, -0.15) is 0 Å². The fraction of sp³-hybridized carbons (Fsp3) is 0.133. The molecule has 2 rings (SSSR count). The topological polar surface area (TPSA) is 66.4 Å². The van der Waals surface area contributed by atoms with Gasteiger partial charge >= 0.3 is 0 Å². The summed E-state index contributed by atoms with van der Waals surface area (Å²) in [5.74, 6) is 0.124. The molecule has 0 saturated carbocycles. The van der Waals surface area contributed by atoms with Gasteiger partial charge in [0, 0.05) is 28.4 Å². The molecule has 0 fully saturated rings. The van der Waals surface area contributed by atoms with Crippen LogP contribution in [0.3, 0.4) is 0 Å². The van der Waals surface area contributed by atoms with Crippen LogP contribution in [-0.2, 0) is 16.6 Å². The Hall–Kier alpha value is -2.14. The largest absolute Gasteiger partial charge is 0.506 e. The van der Waals surface area contributed by atoms with Gasteiger partial charge in [0.05, 0.1) is 5.69 Å². The van der Waals surface area contributed by atoms with Gasteiger partial charge < -0.3 is 10.4 Å². The molecular formula is C15H15NO3S. The Balaban J connectivity index is 2.17. The summed E-state index contributed by atoms with van der Waals surface area (Å²) in [6.07, 6.45) is 1.62. The smallest absolute Gasteiger partial charge is 0.255 e. The zero-order chi connectivity index (χ0) is 14.5. The number of phenols is 1. The second kappa shape index (κ2) is 6.34. The maximum atomic E-state index is 12.1. The van der Waals surface area contributed by atoms with Gasteiger partial charge in [-0.15, -0.1) is 0 Å². The van der Waals surface area contributed by atoms with Crippen molar-refractivity contribution in [2.24, 2.45) is 0 Å². The Labute approximate surface area is 119 Å². The molecule has 2 aromatic rings. The van der Waals surface area contributed by atoms with Crippen molar-refractivity contribution >= 4 is 22.4 Å². The van der Waals surface area contributed by atoms with Gasteiger partial charge in [0.2, 0.25) is 0 Å². The van der Waals surface area contributed by atoms with Crippen LogP contribution in [-0.4, -0.2) is 21.5 Å². The standard InChI is InChI=1S/C15H15NO3S/c1-20(19)10-11-5-4-6-12(9-11)15(18)16-13-7-2-3-8-14(13)17/h2-9,17H,10H2,1H3,(H,16,18)/t20-/m0/s1. The van der Waals surface area contributed by atoms with Gasteiger partial charge in [-0.25, -0.2) is 0 Å². The maximum Gasteiger partial charge on any atom is 0.255 e. The number of carbonyl (C=O) groups excluding carboxylic acids is 1. The van der Waals surface area contributed by atoms with Gasteiger partial charge in [-0.3, -0.25) is 9.00 Å². The van der Waals surface area contributed by atoms with E-state index in [2.05, 4.69) is 5.32 Å². The van der Waals surface area contributed by atoms with E-state index in [0.29, 0.717) is 17.0 Å². The Bertz CT molecular complexity index is 655. The van der Waals surface area contributed by atoms with Crippen LogP contribution in [0.5, 0.6) is 5.75 Å². The molecule has 0 radical (unpaired) electrons. The Morgan fingerprint density at radius 3 is 2.65 bits per heavy atom. The molecular weight excluding hydrogens is 274 g/mol. The third kappa shape index (κ3) is 3.68. The molecule has 2 aromatic carbocycles. The van der Waals surface area contributed by atoms with E-state index in [9.17, 15) is 14.1 Å². The lowest BCUT2D eigenvalue weighted by Crippen LogP contribution is -2.12. The first-order valence-electron chi connectivity index (χ1n) is 6.04. The average molecular weight is 289 g/mol. The fourth-order valence-electron chi connectivity index (χ4n) is 1.81. The van der Waals surface area contributed by atoms with Crippen molar-refractivity contribution in [1.29, 1.82) is 0 Å². The molecule has 0 saturated heterocycles. The minimum Gasteiger partial charge on any atom is -0.506 e. The molecule has 1 atom stereocenters. The quantitative estimate of drug-likeness (QED) is 0.850. The number of nitrogens with one attached hydrogen (secondary N) is 1. The summed E-state index contributed by atoms with van der Waals surface area (Å²) in [7, 11) is -0.951. The molecule has 1 amide bonds. The van der Waals surface area contributed by atoms with E-state index in [1.54, 1.807) is 42.7 Å². The van der Waals surface area contributed by atoms with E-state index in [0.717, 1.165) is 5.56 Å². The summed E-state index contributed by atoms with van der Waals surface area (Å²) in [5, 5.41) is 12.3. The van der Waals surface area contributed by atoms with E-state index in [-0.39, 0.29) is 11.7 Å². The Morgan fingerprint density at radius 1 is 1.20 bits per heavy atom. The normalized spacial score (nSPS) is 11.8. The summed E-state index contributed by atoms with van der Waals surface area (Å²) < 4.78 is 11.2. The molecule has 2 N–H and O–H groups in total. The number of phenolic OH excluding ortho intramolecular Hbond substituents is 1. The molecule has 0 aliphatic heterocycles. The van der Waals surface area contributed by atoms with Crippen LogP contribution in [0.15, 0.2) is 48.5 Å². The number of hydrogen-bond acceptors (Lipinski definition) is 3. The number of anilines is 1. The van der Waals surface area contributed by atoms with Crippen LogP contribution >= 0.6 is 0 Å². The van der Waals surface area contributed by atoms with Crippen molar-refractivity contribution in [3.05, 3.63) is 59.7 Å². The maximum absolute atomic E-state index is 12.1. The SMILES string of the molecule is C[S@](=O)Cc1cccc(C(=O)Nc2ccccc2O)c1. The van der Waals surface area contributed by atoms with E-state index in [1.807, 2.05) is 6.07 Å². The van der Waals surface area contributed by atoms with Crippen LogP contribution in [0.25, 0.3) is 0 Å². The first kappa shape index (κ1) is 14.3. The van der Waals surface area contributed by atoms with Crippen molar-refractivity contribution in [1.82, 2.24) is 0 Å². The number of carbonyl (C=O) groups is 1. The molecule has 4 nitrogen and oxygen atoms in total. The number of aromatic hydroxyl groups is 1. The third-order valence-electron chi connectivity index (χ3n) is 2.71. The molecule has 0 heterocycles. The molecule has 0 aliphatic rings. The van der Waals surface area contributed by atoms with Crippen molar-refractivity contribution in [2.75, 3.05) is 11.6 Å². The fourth-order valence-corrected chi connectivity index (χ4v) is 2.46. The number of rotatable bonds is 4. The van der Waals surface area contributed by atoms with Gasteiger partial charge in [-0.05, 0) is 29.8 Å². The first-order chi connectivity index (χ1) is 9.56. The first-order valence-corrected chi connectivity index (χ1v) is 7.77. The molecule has 0 aromatic heterocycles. The molecule has 0 unspecified atom stereocenters. The van der Waals surface area contributed by atoms with E-state index in [1.165, 1.54) is 6.07 Å². The van der Waals surface area contributed by atoms with Gasteiger partial charge in [0.1, 0.15) is 5.75 Å². The summed E-state index contributed by atoms with van der Waals surface area (Å²) in [6.45, 7) is 0. The van der Waals surface area contributed by atoms with Crippen LogP contribution in [0.1, 0.15) is 15.9 Å². The highest BCUT2D eigenvalue weighted by molar-refractivity contribution is 7.83. The predicted molar refractivity (Wildman–Crippen MR) is 80.3 cm³/mol. The predicted octanol–water partition coefficient (Wildman–Crippen LogP) is 2.52. The Morgan fingerprint density at radius 2 is 1.95 bits per heavy atom. The van der Waals surface area contributed by atoms with Crippen LogP contribution in [0, 0.1) is 0 Å². The second-order valence-electron chi connectivity index (χ2n) is 4.39. The van der Waals surface area contributed by atoms with Gasteiger partial charge in [0.15, 0.2) is 0 Å². The van der Waals surface area contributed by atoms with Crippen molar-refractivity contribution < 1.29 is 14.1 Å². The monoisotopic (exact) mass is 289 g/mol. The van der Waals surface area contributed by atoms with E-state index < -0.39 is 10.8 Å². The second-order valence-corrected chi connectivity index (χ2v) is 5.82. The zero-order valence-corrected chi connectivity index (χ0v) is 11.8. The third-order valence-corrected chi connectivity index (χ3v) is 3.45. The minimum atomic E-state index is -0.951. The van der Waals surface area contributed by atoms with Crippen molar-refractivity contribution in [3.63, 3.8) is 0 Å². The molecule has 0 aliphatic carbocycles. The lowest BCUT2D eigenvalue weighted by Gasteiger charge is -2.08. The summed E-state index contributed by atoms with van der Waals surface area (Å²) in [4.78, 5) is 12.1. The summed E-state index contributed by atoms with van der Waals surface area (Å²) in [5.41, 5.74) is 1.67. The molecule has 5 heteroatoms. The highest BCUT2D eigenvalue weighted by Crippen LogP contribution is 2.22. The summed E-state index contributed by atoms with van der Waals surface area (Å²) in [6, 6.07) is 13.5. The lowest BCUT2D eigenvalue weighted by molar-refractivity contribution is 0.102. The van der Waals surface area contributed by atoms with Crippen LogP contribution < -0.4 is 5.32 Å². The molecule has 0 bridgehead atoms. The zero-order valence-electron chi connectivity index (χ0n) is 11.0. The lowest BCUT2D eigenvalue weighted by atomic mass is 10.1. The molecule has 0 spiro atoms. The molecule has 20 heavy (non-hydrogen) atoms. The highest BCUT2D eigenvalue weighted by Gasteiger charge is 2.09. The highest BCUT2D eigenvalue weighted by atomic mass is 32.2. The van der Waals surface area contributed by atoms with Gasteiger partial charge in [-0.1, -0.05) is 24.3 Å². The number of hydrogen-bond donors (Lipinski definition) is 2. The molecule has 104 valence electrons. The summed E-state index contributed by atoms with van der Waals surface area (Å²) >= 11 is 0. The number of benzene rings is 2. The van der Waals surface area contributed by atoms with E-state index in [4.69, 9.17) is 0 Å². The van der Waals surface area contributed by atoms with Gasteiger partial charge in [0.25, 0.3) is 5.91 Å². The number of amides is 1. The van der Waals surface area contributed by atoms with Crippen LogP contribution in [0.4, 0.5) is 5.69 Å². The van der Waals surface area contributed by atoms with Crippen LogP contribution in [0.2, 0.25) is 0 Å².